The highest BCUT2D eigenvalue weighted by atomic mass is 32.2. The molecule has 25 heavy (non-hydrogen) atoms. The first-order valence-electron chi connectivity index (χ1n) is 7.95. The van der Waals surface area contributed by atoms with Crippen molar-refractivity contribution in [1.29, 1.82) is 0 Å². The van der Waals surface area contributed by atoms with Crippen LogP contribution in [0.2, 0.25) is 0 Å². The first kappa shape index (κ1) is 21.4. The van der Waals surface area contributed by atoms with Crippen LogP contribution in [0.5, 0.6) is 5.75 Å². The molecule has 0 spiro atoms. The quantitative estimate of drug-likeness (QED) is 0.587. The van der Waals surface area contributed by atoms with Gasteiger partial charge >= 0.3 is 0 Å². The maximum atomic E-state index is 12.6. The lowest BCUT2D eigenvalue weighted by Crippen LogP contribution is -2.30. The van der Waals surface area contributed by atoms with E-state index in [0.29, 0.717) is 25.4 Å². The monoisotopic (exact) mass is 374 g/mol. The second-order valence-electron chi connectivity index (χ2n) is 5.04. The van der Waals surface area contributed by atoms with Crippen LogP contribution in [0.25, 0.3) is 0 Å². The topological polar surface area (TPSA) is 94.2 Å². The Hall–Kier alpha value is -1.68. The number of hydrogen-bond acceptors (Lipinski definition) is 6. The van der Waals surface area contributed by atoms with Crippen LogP contribution in [-0.2, 0) is 24.3 Å². The van der Waals surface area contributed by atoms with E-state index >= 15 is 0 Å². The molecule has 0 unspecified atom stereocenters. The van der Waals surface area contributed by atoms with E-state index in [1.165, 1.54) is 36.7 Å². The van der Waals surface area contributed by atoms with Crippen molar-refractivity contribution in [2.45, 2.75) is 18.7 Å². The SMILES string of the molecule is CCN(CC)S(=O)(=O)c1ccc(OC)c(NC(=O)COCCOC)c1. The van der Waals surface area contributed by atoms with Crippen molar-refractivity contribution in [1.82, 2.24) is 4.31 Å². The summed E-state index contributed by atoms with van der Waals surface area (Å²) in [4.78, 5) is 12.0. The molecule has 0 heterocycles. The second-order valence-corrected chi connectivity index (χ2v) is 6.98. The highest BCUT2D eigenvalue weighted by Crippen LogP contribution is 2.28. The molecule has 9 heteroatoms. The van der Waals surface area contributed by atoms with E-state index in [-0.39, 0.29) is 23.8 Å². The van der Waals surface area contributed by atoms with Gasteiger partial charge in [0, 0.05) is 20.2 Å². The van der Waals surface area contributed by atoms with Crippen molar-refractivity contribution in [2.24, 2.45) is 0 Å². The maximum absolute atomic E-state index is 12.6. The van der Waals surface area contributed by atoms with Gasteiger partial charge in [0.2, 0.25) is 15.9 Å². The van der Waals surface area contributed by atoms with Crippen molar-refractivity contribution in [3.05, 3.63) is 18.2 Å². The third-order valence-electron chi connectivity index (χ3n) is 3.45. The fourth-order valence-corrected chi connectivity index (χ4v) is 3.64. The van der Waals surface area contributed by atoms with Gasteiger partial charge in [0.15, 0.2) is 0 Å². The van der Waals surface area contributed by atoms with E-state index in [0.717, 1.165) is 0 Å². The Morgan fingerprint density at radius 1 is 1.16 bits per heavy atom. The summed E-state index contributed by atoms with van der Waals surface area (Å²) in [6.07, 6.45) is 0. The smallest absolute Gasteiger partial charge is 0.250 e. The van der Waals surface area contributed by atoms with E-state index in [2.05, 4.69) is 5.32 Å². The lowest BCUT2D eigenvalue weighted by molar-refractivity contribution is -0.121. The Morgan fingerprint density at radius 2 is 1.84 bits per heavy atom. The molecular formula is C16H26N2O6S. The van der Waals surface area contributed by atoms with Gasteiger partial charge in [-0.25, -0.2) is 8.42 Å². The van der Waals surface area contributed by atoms with Crippen LogP contribution >= 0.6 is 0 Å². The van der Waals surface area contributed by atoms with Crippen LogP contribution in [0.15, 0.2) is 23.1 Å². The Kier molecular flexibility index (Phi) is 8.84. The molecule has 0 fully saturated rings. The van der Waals surface area contributed by atoms with Gasteiger partial charge in [-0.1, -0.05) is 13.8 Å². The molecule has 0 saturated carbocycles. The summed E-state index contributed by atoms with van der Waals surface area (Å²) < 4.78 is 41.7. The molecule has 142 valence electrons. The molecule has 1 aromatic rings. The van der Waals surface area contributed by atoms with E-state index in [1.54, 1.807) is 13.8 Å². The number of nitrogens with one attached hydrogen (secondary N) is 1. The van der Waals surface area contributed by atoms with E-state index < -0.39 is 15.9 Å². The van der Waals surface area contributed by atoms with Gasteiger partial charge in [0.1, 0.15) is 12.4 Å². The first-order chi connectivity index (χ1) is 11.9. The van der Waals surface area contributed by atoms with Crippen LogP contribution in [0, 0.1) is 0 Å². The van der Waals surface area contributed by atoms with Gasteiger partial charge in [0.05, 0.1) is 30.9 Å². The van der Waals surface area contributed by atoms with Gasteiger partial charge in [-0.2, -0.15) is 4.31 Å². The van der Waals surface area contributed by atoms with Crippen molar-refractivity contribution in [3.8, 4) is 5.75 Å². The first-order valence-corrected chi connectivity index (χ1v) is 9.39. The lowest BCUT2D eigenvalue weighted by Gasteiger charge is -2.19. The van der Waals surface area contributed by atoms with Crippen LogP contribution in [0.4, 0.5) is 5.69 Å². The Labute approximate surface area is 149 Å². The predicted molar refractivity (Wildman–Crippen MR) is 94.4 cm³/mol. The standard InChI is InChI=1S/C16H26N2O6S/c1-5-18(6-2)25(20,21)13-7-8-15(23-4)14(11-13)17-16(19)12-24-10-9-22-3/h7-8,11H,5-6,9-10,12H2,1-4H3,(H,17,19). The number of ether oxygens (including phenoxy) is 3. The summed E-state index contributed by atoms with van der Waals surface area (Å²) in [6.45, 7) is 4.76. The molecule has 0 bridgehead atoms. The molecule has 8 nitrogen and oxygen atoms in total. The average Bonchev–Trinajstić information content (AvgIpc) is 2.59. The molecule has 0 aliphatic carbocycles. The fraction of sp³-hybridized carbons (Fsp3) is 0.562. The van der Waals surface area contributed by atoms with Crippen LogP contribution in [-0.4, -0.2) is 65.8 Å². The van der Waals surface area contributed by atoms with Crippen molar-refractivity contribution in [2.75, 3.05) is 52.4 Å². The summed E-state index contributed by atoms with van der Waals surface area (Å²) in [7, 11) is -0.649. The summed E-state index contributed by atoms with van der Waals surface area (Å²) >= 11 is 0. The Balaban J connectivity index is 2.97. The van der Waals surface area contributed by atoms with Gasteiger partial charge in [0.25, 0.3) is 0 Å². The number of carbonyl (C=O) groups is 1. The zero-order valence-electron chi connectivity index (χ0n) is 15.1. The Bertz CT molecular complexity index is 659. The number of nitrogens with zero attached hydrogens (tertiary/aromatic N) is 1. The molecule has 1 amide bonds. The van der Waals surface area contributed by atoms with Crippen LogP contribution < -0.4 is 10.1 Å². The van der Waals surface area contributed by atoms with Crippen LogP contribution in [0.3, 0.4) is 0 Å². The third-order valence-corrected chi connectivity index (χ3v) is 5.50. The zero-order chi connectivity index (χ0) is 18.9. The largest absolute Gasteiger partial charge is 0.495 e. The fourth-order valence-electron chi connectivity index (χ4n) is 2.15. The predicted octanol–water partition coefficient (Wildman–Crippen LogP) is 1.33. The summed E-state index contributed by atoms with van der Waals surface area (Å²) in [5.41, 5.74) is 0.274. The number of amides is 1. The van der Waals surface area contributed by atoms with Gasteiger partial charge in [-0.3, -0.25) is 4.79 Å². The number of rotatable bonds is 11. The number of methoxy groups -OCH3 is 2. The van der Waals surface area contributed by atoms with E-state index in [9.17, 15) is 13.2 Å². The molecule has 0 aromatic heterocycles. The molecule has 0 aliphatic heterocycles. The Morgan fingerprint density at radius 3 is 2.40 bits per heavy atom. The number of anilines is 1. The summed E-state index contributed by atoms with van der Waals surface area (Å²) in [5, 5.41) is 2.61. The molecule has 0 atom stereocenters. The highest BCUT2D eigenvalue weighted by Gasteiger charge is 2.23. The highest BCUT2D eigenvalue weighted by molar-refractivity contribution is 7.89. The van der Waals surface area contributed by atoms with Crippen molar-refractivity contribution in [3.63, 3.8) is 0 Å². The van der Waals surface area contributed by atoms with Gasteiger partial charge in [-0.05, 0) is 18.2 Å². The molecule has 1 rings (SSSR count). The normalized spacial score (nSPS) is 11.6. The minimum atomic E-state index is -3.63. The maximum Gasteiger partial charge on any atom is 0.250 e. The molecule has 1 aromatic carbocycles. The van der Waals surface area contributed by atoms with Crippen LogP contribution in [0.1, 0.15) is 13.8 Å². The molecule has 1 N–H and O–H groups in total. The summed E-state index contributed by atoms with van der Waals surface area (Å²) in [5.74, 6) is -0.0458. The lowest BCUT2D eigenvalue weighted by atomic mass is 10.3. The number of sulfonamides is 1. The number of carbonyl (C=O) groups excluding carboxylic acids is 1. The van der Waals surface area contributed by atoms with Gasteiger partial charge < -0.3 is 19.5 Å². The van der Waals surface area contributed by atoms with Crippen molar-refractivity contribution < 1.29 is 27.4 Å². The zero-order valence-corrected chi connectivity index (χ0v) is 15.9. The van der Waals surface area contributed by atoms with E-state index in [1.807, 2.05) is 0 Å². The average molecular weight is 374 g/mol. The second kappa shape index (κ2) is 10.3. The minimum Gasteiger partial charge on any atom is -0.495 e. The van der Waals surface area contributed by atoms with E-state index in [4.69, 9.17) is 14.2 Å². The molecular weight excluding hydrogens is 348 g/mol. The number of hydrogen-bond donors (Lipinski definition) is 1. The van der Waals surface area contributed by atoms with Crippen molar-refractivity contribution >= 4 is 21.6 Å². The number of benzene rings is 1. The molecule has 0 saturated heterocycles. The summed E-state index contributed by atoms with van der Waals surface area (Å²) in [6, 6.07) is 4.36. The molecule has 0 radical (unpaired) electrons. The van der Waals surface area contributed by atoms with Gasteiger partial charge in [-0.15, -0.1) is 0 Å². The molecule has 0 aliphatic rings. The third kappa shape index (κ3) is 5.96. The minimum absolute atomic E-state index is 0.0904.